The van der Waals surface area contributed by atoms with Crippen LogP contribution in [-0.2, 0) is 4.79 Å². The lowest BCUT2D eigenvalue weighted by atomic mass is 10.1. The standard InChI is InChI=1S/C17H37N3.C2H4O2/c1-3-5-7-9-11-13-15-20(17(18)19)16-14-12-10-8-6-4-2;1-2(3)4/h3-16H2,1-2H3,(H3,18,19);1H3,(H,3,4). The van der Waals surface area contributed by atoms with Gasteiger partial charge in [-0.3, -0.25) is 10.2 Å². The van der Waals surface area contributed by atoms with Crippen molar-refractivity contribution in [3.8, 4) is 0 Å². The Labute approximate surface area is 149 Å². The van der Waals surface area contributed by atoms with Crippen molar-refractivity contribution in [1.82, 2.24) is 4.90 Å². The maximum absolute atomic E-state index is 9.00. The number of unbranched alkanes of at least 4 members (excludes halogenated alkanes) is 10. The fraction of sp³-hybridized carbons (Fsp3) is 0.895. The summed E-state index contributed by atoms with van der Waals surface area (Å²) in [6.07, 6.45) is 15.6. The summed E-state index contributed by atoms with van der Waals surface area (Å²) in [5.41, 5.74) is 5.67. The number of hydrogen-bond acceptors (Lipinski definition) is 2. The topological polar surface area (TPSA) is 90.4 Å². The van der Waals surface area contributed by atoms with Crippen molar-refractivity contribution in [2.75, 3.05) is 13.1 Å². The molecule has 24 heavy (non-hydrogen) atoms. The van der Waals surface area contributed by atoms with Crippen molar-refractivity contribution < 1.29 is 9.90 Å². The zero-order chi connectivity index (χ0) is 18.6. The lowest BCUT2D eigenvalue weighted by Crippen LogP contribution is -2.37. The Balaban J connectivity index is 0. The molecule has 0 aliphatic carbocycles. The average Bonchev–Trinajstić information content (AvgIpc) is 2.51. The number of nitrogens with two attached hydrogens (primary N) is 1. The van der Waals surface area contributed by atoms with Crippen LogP contribution in [0.25, 0.3) is 0 Å². The van der Waals surface area contributed by atoms with Crippen LogP contribution in [0.5, 0.6) is 0 Å². The summed E-state index contributed by atoms with van der Waals surface area (Å²) in [5, 5.41) is 15.1. The molecular formula is C19H41N3O2. The van der Waals surface area contributed by atoms with Gasteiger partial charge in [0.1, 0.15) is 0 Å². The maximum atomic E-state index is 9.00. The van der Waals surface area contributed by atoms with E-state index in [9.17, 15) is 0 Å². The fourth-order valence-corrected chi connectivity index (χ4v) is 2.52. The Hall–Kier alpha value is -1.26. The molecule has 0 aliphatic heterocycles. The number of carboxylic acids is 1. The number of carbonyl (C=O) groups is 1. The molecule has 0 saturated carbocycles. The second-order valence-electron chi connectivity index (χ2n) is 6.43. The van der Waals surface area contributed by atoms with Gasteiger partial charge in [0.2, 0.25) is 0 Å². The SMILES string of the molecule is CC(=O)O.CCCCCCCCN(CCCCCCCC)C(=N)N. The molecule has 0 aromatic rings. The summed E-state index contributed by atoms with van der Waals surface area (Å²) in [6.45, 7) is 7.52. The van der Waals surface area contributed by atoms with Crippen LogP contribution in [0, 0.1) is 5.41 Å². The summed E-state index contributed by atoms with van der Waals surface area (Å²) < 4.78 is 0. The summed E-state index contributed by atoms with van der Waals surface area (Å²) in [7, 11) is 0. The first kappa shape index (κ1) is 25.0. The average molecular weight is 344 g/mol. The third-order valence-electron chi connectivity index (χ3n) is 3.90. The van der Waals surface area contributed by atoms with Gasteiger partial charge in [0.05, 0.1) is 0 Å². The van der Waals surface area contributed by atoms with Gasteiger partial charge in [0.15, 0.2) is 5.96 Å². The summed E-state index contributed by atoms with van der Waals surface area (Å²) in [4.78, 5) is 11.1. The van der Waals surface area contributed by atoms with E-state index in [1.807, 2.05) is 0 Å². The minimum Gasteiger partial charge on any atom is -0.481 e. The van der Waals surface area contributed by atoms with E-state index in [1.165, 1.54) is 77.0 Å². The van der Waals surface area contributed by atoms with E-state index in [4.69, 9.17) is 21.0 Å². The highest BCUT2D eigenvalue weighted by molar-refractivity contribution is 5.74. The van der Waals surface area contributed by atoms with Crippen molar-refractivity contribution in [3.05, 3.63) is 0 Å². The van der Waals surface area contributed by atoms with Crippen LogP contribution < -0.4 is 5.73 Å². The highest BCUT2D eigenvalue weighted by atomic mass is 16.4. The molecule has 0 unspecified atom stereocenters. The van der Waals surface area contributed by atoms with Gasteiger partial charge in [-0.15, -0.1) is 0 Å². The van der Waals surface area contributed by atoms with Crippen molar-refractivity contribution in [2.24, 2.45) is 5.73 Å². The van der Waals surface area contributed by atoms with Crippen LogP contribution in [0.1, 0.15) is 97.8 Å². The largest absolute Gasteiger partial charge is 0.481 e. The highest BCUT2D eigenvalue weighted by Crippen LogP contribution is 2.08. The van der Waals surface area contributed by atoms with Gasteiger partial charge < -0.3 is 15.7 Å². The third-order valence-corrected chi connectivity index (χ3v) is 3.90. The molecule has 0 saturated heterocycles. The first-order chi connectivity index (χ1) is 11.5. The van der Waals surface area contributed by atoms with Gasteiger partial charge in [0, 0.05) is 20.0 Å². The van der Waals surface area contributed by atoms with E-state index in [0.29, 0.717) is 0 Å². The fourth-order valence-electron chi connectivity index (χ4n) is 2.52. The lowest BCUT2D eigenvalue weighted by molar-refractivity contribution is -0.134. The zero-order valence-electron chi connectivity index (χ0n) is 16.3. The van der Waals surface area contributed by atoms with Gasteiger partial charge >= 0.3 is 0 Å². The van der Waals surface area contributed by atoms with Gasteiger partial charge in [-0.1, -0.05) is 78.1 Å². The van der Waals surface area contributed by atoms with Crippen LogP contribution in [-0.4, -0.2) is 35.0 Å². The molecule has 144 valence electrons. The Kier molecular flexibility index (Phi) is 20.6. The van der Waals surface area contributed by atoms with Crippen molar-refractivity contribution in [1.29, 1.82) is 5.41 Å². The van der Waals surface area contributed by atoms with E-state index in [2.05, 4.69) is 18.7 Å². The van der Waals surface area contributed by atoms with Crippen LogP contribution in [0.4, 0.5) is 0 Å². The minimum atomic E-state index is -0.833. The van der Waals surface area contributed by atoms with Crippen LogP contribution >= 0.6 is 0 Å². The van der Waals surface area contributed by atoms with Gasteiger partial charge in [-0.05, 0) is 12.8 Å². The number of rotatable bonds is 14. The van der Waals surface area contributed by atoms with E-state index >= 15 is 0 Å². The zero-order valence-corrected chi connectivity index (χ0v) is 16.3. The molecule has 4 N–H and O–H groups in total. The van der Waals surface area contributed by atoms with Crippen molar-refractivity contribution in [3.63, 3.8) is 0 Å². The van der Waals surface area contributed by atoms with Gasteiger partial charge in [-0.2, -0.15) is 0 Å². The first-order valence-corrected chi connectivity index (χ1v) is 9.74. The maximum Gasteiger partial charge on any atom is 0.300 e. The van der Waals surface area contributed by atoms with E-state index in [1.54, 1.807) is 0 Å². The molecule has 0 amide bonds. The second-order valence-corrected chi connectivity index (χ2v) is 6.43. The predicted octanol–water partition coefficient (Wildman–Crippen LogP) is 4.99. The molecule has 0 aromatic heterocycles. The van der Waals surface area contributed by atoms with Crippen molar-refractivity contribution in [2.45, 2.75) is 97.8 Å². The summed E-state index contributed by atoms with van der Waals surface area (Å²) >= 11 is 0. The highest BCUT2D eigenvalue weighted by Gasteiger charge is 2.05. The van der Waals surface area contributed by atoms with Gasteiger partial charge in [0.25, 0.3) is 5.97 Å². The predicted molar refractivity (Wildman–Crippen MR) is 104 cm³/mol. The second kappa shape index (κ2) is 19.8. The van der Waals surface area contributed by atoms with Crippen molar-refractivity contribution >= 4 is 11.9 Å². The Morgan fingerprint density at radius 2 is 1.12 bits per heavy atom. The molecule has 0 spiro atoms. The minimum absolute atomic E-state index is 0.257. The molecule has 0 bridgehead atoms. The van der Waals surface area contributed by atoms with Crippen LogP contribution in [0.3, 0.4) is 0 Å². The monoisotopic (exact) mass is 343 g/mol. The summed E-state index contributed by atoms with van der Waals surface area (Å²) in [6, 6.07) is 0. The molecule has 0 aromatic carbocycles. The van der Waals surface area contributed by atoms with Crippen LogP contribution in [0.2, 0.25) is 0 Å². The Bertz CT molecular complexity index is 276. The number of aliphatic carboxylic acids is 1. The summed E-state index contributed by atoms with van der Waals surface area (Å²) in [5.74, 6) is -0.577. The molecule has 0 fully saturated rings. The van der Waals surface area contributed by atoms with Crippen LogP contribution in [0.15, 0.2) is 0 Å². The Morgan fingerprint density at radius 1 is 0.833 bits per heavy atom. The Morgan fingerprint density at radius 3 is 1.42 bits per heavy atom. The molecule has 0 radical (unpaired) electrons. The number of guanidine groups is 1. The number of hydrogen-bond donors (Lipinski definition) is 3. The first-order valence-electron chi connectivity index (χ1n) is 9.74. The lowest BCUT2D eigenvalue weighted by Gasteiger charge is -2.22. The van der Waals surface area contributed by atoms with E-state index in [0.717, 1.165) is 20.0 Å². The molecule has 0 aliphatic rings. The normalized spacial score (nSPS) is 9.96. The molecule has 0 atom stereocenters. The van der Waals surface area contributed by atoms with E-state index < -0.39 is 5.97 Å². The molecule has 5 nitrogen and oxygen atoms in total. The van der Waals surface area contributed by atoms with Gasteiger partial charge in [-0.25, -0.2) is 0 Å². The molecule has 0 rings (SSSR count). The molecule has 5 heteroatoms. The number of nitrogens with zero attached hydrogens (tertiary/aromatic N) is 1. The molecular weight excluding hydrogens is 302 g/mol. The third kappa shape index (κ3) is 23.0. The number of carboxylic acid groups (broad SMARTS) is 1. The quantitative estimate of drug-likeness (QED) is 0.235. The molecule has 0 heterocycles. The smallest absolute Gasteiger partial charge is 0.300 e. The van der Waals surface area contributed by atoms with E-state index in [-0.39, 0.29) is 5.96 Å². The number of nitrogens with one attached hydrogen (secondary N) is 1.